The average molecular weight is 330 g/mol. The summed E-state index contributed by atoms with van der Waals surface area (Å²) in [6, 6.07) is 7.67. The Morgan fingerprint density at radius 2 is 1.88 bits per heavy atom. The highest BCUT2D eigenvalue weighted by Gasteiger charge is 2.20. The number of benzene rings is 1. The standard InChI is InChI=1S/C17H22N4O3/c1-23-10-11-24-12-15(22)20-16-17(21-8-4-5-9-21)19-14-7-3-2-6-13(14)18-16/h2-3,6-7H,4-5,8-12H2,1H3,(H,18,20,22). The number of carbonyl (C=O) groups is 1. The minimum Gasteiger partial charge on any atom is -0.382 e. The lowest BCUT2D eigenvalue weighted by Crippen LogP contribution is -2.25. The third-order valence-corrected chi connectivity index (χ3v) is 3.88. The van der Waals surface area contributed by atoms with Crippen molar-refractivity contribution in [3.05, 3.63) is 24.3 Å². The Kier molecular flexibility index (Phi) is 5.55. The molecule has 1 amide bonds. The van der Waals surface area contributed by atoms with E-state index in [0.29, 0.717) is 19.0 Å². The molecule has 24 heavy (non-hydrogen) atoms. The zero-order valence-electron chi connectivity index (χ0n) is 13.8. The number of rotatable bonds is 7. The summed E-state index contributed by atoms with van der Waals surface area (Å²) in [6.07, 6.45) is 2.25. The molecule has 1 saturated heterocycles. The maximum atomic E-state index is 12.1. The van der Waals surface area contributed by atoms with Gasteiger partial charge in [0, 0.05) is 20.2 Å². The van der Waals surface area contributed by atoms with Crippen molar-refractivity contribution in [1.29, 1.82) is 0 Å². The Hall–Kier alpha value is -2.25. The first-order valence-electron chi connectivity index (χ1n) is 8.16. The topological polar surface area (TPSA) is 76.6 Å². The minimum atomic E-state index is -0.240. The Morgan fingerprint density at radius 1 is 1.17 bits per heavy atom. The van der Waals surface area contributed by atoms with Gasteiger partial charge in [-0.25, -0.2) is 9.97 Å². The zero-order valence-corrected chi connectivity index (χ0v) is 13.8. The van der Waals surface area contributed by atoms with E-state index in [0.717, 1.165) is 42.8 Å². The zero-order chi connectivity index (χ0) is 16.8. The molecule has 0 spiro atoms. The van der Waals surface area contributed by atoms with E-state index in [1.54, 1.807) is 7.11 Å². The summed E-state index contributed by atoms with van der Waals surface area (Å²) in [5.74, 6) is 0.989. The van der Waals surface area contributed by atoms with Crippen LogP contribution in [0.25, 0.3) is 11.0 Å². The van der Waals surface area contributed by atoms with Crippen LogP contribution in [0.1, 0.15) is 12.8 Å². The molecular formula is C17H22N4O3. The number of aromatic nitrogens is 2. The van der Waals surface area contributed by atoms with Gasteiger partial charge < -0.3 is 19.7 Å². The summed E-state index contributed by atoms with van der Waals surface area (Å²) < 4.78 is 10.2. The molecule has 0 aliphatic carbocycles. The number of hydrogen-bond acceptors (Lipinski definition) is 6. The third kappa shape index (κ3) is 3.98. The molecule has 1 aromatic carbocycles. The number of fused-ring (bicyclic) bond motifs is 1. The molecule has 0 unspecified atom stereocenters. The van der Waals surface area contributed by atoms with Crippen LogP contribution in [0.15, 0.2) is 24.3 Å². The quantitative estimate of drug-likeness (QED) is 0.781. The number of methoxy groups -OCH3 is 1. The Labute approximate surface area is 141 Å². The van der Waals surface area contributed by atoms with Gasteiger partial charge in [-0.3, -0.25) is 4.79 Å². The summed E-state index contributed by atoms with van der Waals surface area (Å²) in [7, 11) is 1.59. The van der Waals surface area contributed by atoms with Crippen molar-refractivity contribution in [3.8, 4) is 0 Å². The number of hydrogen-bond donors (Lipinski definition) is 1. The van der Waals surface area contributed by atoms with Crippen LogP contribution in [-0.4, -0.2) is 55.9 Å². The molecular weight excluding hydrogens is 308 g/mol. The van der Waals surface area contributed by atoms with E-state index in [2.05, 4.69) is 15.2 Å². The fraction of sp³-hybridized carbons (Fsp3) is 0.471. The molecule has 1 N–H and O–H groups in total. The van der Waals surface area contributed by atoms with Gasteiger partial charge in [0.2, 0.25) is 0 Å². The highest BCUT2D eigenvalue weighted by molar-refractivity contribution is 5.95. The van der Waals surface area contributed by atoms with Crippen LogP contribution in [0.3, 0.4) is 0 Å². The van der Waals surface area contributed by atoms with Gasteiger partial charge in [-0.05, 0) is 25.0 Å². The van der Waals surface area contributed by atoms with Gasteiger partial charge >= 0.3 is 0 Å². The van der Waals surface area contributed by atoms with Crippen LogP contribution in [0.2, 0.25) is 0 Å². The minimum absolute atomic E-state index is 0.0304. The molecule has 0 radical (unpaired) electrons. The lowest BCUT2D eigenvalue weighted by Gasteiger charge is -2.20. The average Bonchev–Trinajstić information content (AvgIpc) is 3.12. The van der Waals surface area contributed by atoms with Crippen LogP contribution in [-0.2, 0) is 14.3 Å². The molecule has 1 aliphatic rings. The second kappa shape index (κ2) is 8.03. The van der Waals surface area contributed by atoms with Crippen molar-refractivity contribution in [2.75, 3.05) is 50.2 Å². The molecule has 1 aliphatic heterocycles. The molecule has 7 heteroatoms. The van der Waals surface area contributed by atoms with Gasteiger partial charge in [0.1, 0.15) is 6.61 Å². The molecule has 2 heterocycles. The van der Waals surface area contributed by atoms with Crippen molar-refractivity contribution in [2.24, 2.45) is 0 Å². The first-order valence-corrected chi connectivity index (χ1v) is 8.16. The summed E-state index contributed by atoms with van der Waals surface area (Å²) in [6.45, 7) is 2.67. The Bertz CT molecular complexity index is 701. The second-order valence-corrected chi connectivity index (χ2v) is 5.67. The lowest BCUT2D eigenvalue weighted by molar-refractivity contribution is -0.121. The highest BCUT2D eigenvalue weighted by Crippen LogP contribution is 2.27. The highest BCUT2D eigenvalue weighted by atomic mass is 16.5. The normalized spacial score (nSPS) is 14.3. The fourth-order valence-corrected chi connectivity index (χ4v) is 2.70. The monoisotopic (exact) mass is 330 g/mol. The van der Waals surface area contributed by atoms with E-state index in [1.165, 1.54) is 0 Å². The van der Waals surface area contributed by atoms with Crippen LogP contribution in [0.4, 0.5) is 11.6 Å². The predicted molar refractivity (Wildman–Crippen MR) is 92.3 cm³/mol. The first-order chi connectivity index (χ1) is 11.8. The molecule has 128 valence electrons. The molecule has 2 aromatic rings. The third-order valence-electron chi connectivity index (χ3n) is 3.88. The van der Waals surface area contributed by atoms with Crippen molar-refractivity contribution in [2.45, 2.75) is 12.8 Å². The van der Waals surface area contributed by atoms with Gasteiger partial charge in [0.25, 0.3) is 5.91 Å². The number of nitrogens with zero attached hydrogens (tertiary/aromatic N) is 3. The molecule has 3 rings (SSSR count). The largest absolute Gasteiger partial charge is 0.382 e. The molecule has 7 nitrogen and oxygen atoms in total. The number of amides is 1. The van der Waals surface area contributed by atoms with Crippen LogP contribution in [0.5, 0.6) is 0 Å². The van der Waals surface area contributed by atoms with E-state index in [9.17, 15) is 4.79 Å². The van der Waals surface area contributed by atoms with Gasteiger partial charge in [-0.15, -0.1) is 0 Å². The summed E-state index contributed by atoms with van der Waals surface area (Å²) in [4.78, 5) is 23.6. The molecule has 1 fully saturated rings. The van der Waals surface area contributed by atoms with Gasteiger partial charge in [-0.1, -0.05) is 12.1 Å². The number of nitrogens with one attached hydrogen (secondary N) is 1. The van der Waals surface area contributed by atoms with Crippen molar-refractivity contribution < 1.29 is 14.3 Å². The van der Waals surface area contributed by atoms with E-state index in [1.807, 2.05) is 24.3 Å². The van der Waals surface area contributed by atoms with Crippen molar-refractivity contribution >= 4 is 28.6 Å². The maximum Gasteiger partial charge on any atom is 0.251 e. The van der Waals surface area contributed by atoms with Crippen LogP contribution >= 0.6 is 0 Å². The van der Waals surface area contributed by atoms with Crippen LogP contribution in [0, 0.1) is 0 Å². The Morgan fingerprint density at radius 3 is 2.58 bits per heavy atom. The van der Waals surface area contributed by atoms with Gasteiger partial charge in [-0.2, -0.15) is 0 Å². The van der Waals surface area contributed by atoms with Gasteiger partial charge in [0.15, 0.2) is 11.6 Å². The Balaban J connectivity index is 1.79. The second-order valence-electron chi connectivity index (χ2n) is 5.67. The number of anilines is 2. The lowest BCUT2D eigenvalue weighted by atomic mass is 10.3. The number of ether oxygens (including phenoxy) is 2. The molecule has 0 saturated carbocycles. The first kappa shape index (κ1) is 16.6. The summed E-state index contributed by atoms with van der Waals surface area (Å²) in [5.41, 5.74) is 1.59. The molecule has 1 aromatic heterocycles. The summed E-state index contributed by atoms with van der Waals surface area (Å²) in [5, 5.41) is 2.84. The fourth-order valence-electron chi connectivity index (χ4n) is 2.70. The van der Waals surface area contributed by atoms with E-state index < -0.39 is 0 Å². The van der Waals surface area contributed by atoms with Crippen LogP contribution < -0.4 is 10.2 Å². The number of para-hydroxylation sites is 2. The van der Waals surface area contributed by atoms with E-state index in [4.69, 9.17) is 14.5 Å². The maximum absolute atomic E-state index is 12.1. The SMILES string of the molecule is COCCOCC(=O)Nc1nc2ccccc2nc1N1CCCC1. The molecule has 0 atom stereocenters. The number of carbonyl (C=O) groups excluding carboxylic acids is 1. The summed E-state index contributed by atoms with van der Waals surface area (Å²) >= 11 is 0. The van der Waals surface area contributed by atoms with Gasteiger partial charge in [0.05, 0.1) is 24.2 Å². The van der Waals surface area contributed by atoms with Crippen molar-refractivity contribution in [3.63, 3.8) is 0 Å². The van der Waals surface area contributed by atoms with E-state index >= 15 is 0 Å². The smallest absolute Gasteiger partial charge is 0.251 e. The van der Waals surface area contributed by atoms with Crippen molar-refractivity contribution in [1.82, 2.24) is 9.97 Å². The molecule has 0 bridgehead atoms. The van der Waals surface area contributed by atoms with E-state index in [-0.39, 0.29) is 12.5 Å². The predicted octanol–water partition coefficient (Wildman–Crippen LogP) is 1.83.